The maximum absolute atomic E-state index is 6.17. The third kappa shape index (κ3) is 4.50. The van der Waals surface area contributed by atoms with E-state index in [0.717, 1.165) is 22.2 Å². The van der Waals surface area contributed by atoms with Crippen LogP contribution in [0, 0.1) is 11.8 Å². The van der Waals surface area contributed by atoms with Gasteiger partial charge in [0.25, 0.3) is 0 Å². The number of benzene rings is 1. The van der Waals surface area contributed by atoms with Crippen molar-refractivity contribution in [2.24, 2.45) is 11.8 Å². The number of hydrogen-bond acceptors (Lipinski definition) is 1. The maximum atomic E-state index is 6.17. The van der Waals surface area contributed by atoms with Crippen LogP contribution in [-0.2, 0) is 0 Å². The standard InChI is InChI=1S/C14H21Cl2N/c1-9(2)10(3)8-17-11(4)13-7-12(15)5-6-14(13)16/h5-7,9-11,17H,8H2,1-4H3. The van der Waals surface area contributed by atoms with Crippen molar-refractivity contribution in [1.82, 2.24) is 5.32 Å². The van der Waals surface area contributed by atoms with E-state index in [1.165, 1.54) is 0 Å². The van der Waals surface area contributed by atoms with Gasteiger partial charge in [-0.25, -0.2) is 0 Å². The zero-order valence-corrected chi connectivity index (χ0v) is 12.4. The molecule has 1 aromatic carbocycles. The molecule has 1 nitrogen and oxygen atoms in total. The molecule has 0 amide bonds. The highest BCUT2D eigenvalue weighted by Crippen LogP contribution is 2.26. The lowest BCUT2D eigenvalue weighted by Gasteiger charge is -2.21. The Hall–Kier alpha value is -0.240. The van der Waals surface area contributed by atoms with Crippen molar-refractivity contribution in [1.29, 1.82) is 0 Å². The fourth-order valence-corrected chi connectivity index (χ4v) is 2.02. The molecular weight excluding hydrogens is 253 g/mol. The van der Waals surface area contributed by atoms with Gasteiger partial charge in [-0.1, -0.05) is 44.0 Å². The van der Waals surface area contributed by atoms with E-state index >= 15 is 0 Å². The summed E-state index contributed by atoms with van der Waals surface area (Å²) in [6, 6.07) is 5.82. The Morgan fingerprint density at radius 3 is 2.35 bits per heavy atom. The summed E-state index contributed by atoms with van der Waals surface area (Å²) in [6.45, 7) is 9.84. The summed E-state index contributed by atoms with van der Waals surface area (Å²) in [5.74, 6) is 1.33. The molecule has 0 bridgehead atoms. The second-order valence-corrected chi connectivity index (χ2v) is 5.86. The summed E-state index contributed by atoms with van der Waals surface area (Å²) in [5.41, 5.74) is 1.06. The quantitative estimate of drug-likeness (QED) is 0.802. The molecular formula is C14H21Cl2N. The molecule has 0 fully saturated rings. The van der Waals surface area contributed by atoms with E-state index in [4.69, 9.17) is 23.2 Å². The van der Waals surface area contributed by atoms with Gasteiger partial charge >= 0.3 is 0 Å². The van der Waals surface area contributed by atoms with Gasteiger partial charge in [-0.3, -0.25) is 0 Å². The van der Waals surface area contributed by atoms with Gasteiger partial charge in [0.1, 0.15) is 0 Å². The minimum atomic E-state index is 0.224. The topological polar surface area (TPSA) is 12.0 Å². The maximum Gasteiger partial charge on any atom is 0.0454 e. The Morgan fingerprint density at radius 2 is 1.76 bits per heavy atom. The van der Waals surface area contributed by atoms with E-state index < -0.39 is 0 Å². The molecule has 1 rings (SSSR count). The van der Waals surface area contributed by atoms with E-state index in [2.05, 4.69) is 33.0 Å². The number of halogens is 2. The van der Waals surface area contributed by atoms with E-state index in [-0.39, 0.29) is 6.04 Å². The Morgan fingerprint density at radius 1 is 1.12 bits per heavy atom. The average Bonchev–Trinajstić information content (AvgIpc) is 2.28. The minimum Gasteiger partial charge on any atom is -0.310 e. The summed E-state index contributed by atoms with van der Waals surface area (Å²) in [6.07, 6.45) is 0. The molecule has 0 spiro atoms. The predicted octanol–water partition coefficient (Wildman–Crippen LogP) is 4.94. The smallest absolute Gasteiger partial charge is 0.0454 e. The Bertz CT molecular complexity index is 363. The molecule has 0 heterocycles. The normalized spacial score (nSPS) is 15.0. The molecule has 0 aromatic heterocycles. The molecule has 17 heavy (non-hydrogen) atoms. The van der Waals surface area contributed by atoms with Crippen molar-refractivity contribution in [2.75, 3.05) is 6.54 Å². The molecule has 2 unspecified atom stereocenters. The molecule has 1 aromatic rings. The predicted molar refractivity (Wildman–Crippen MR) is 76.9 cm³/mol. The van der Waals surface area contributed by atoms with Crippen LogP contribution in [0.1, 0.15) is 39.3 Å². The first kappa shape index (κ1) is 14.8. The minimum absolute atomic E-state index is 0.224. The molecule has 0 aliphatic carbocycles. The van der Waals surface area contributed by atoms with Gasteiger partial charge in [0.15, 0.2) is 0 Å². The van der Waals surface area contributed by atoms with Gasteiger partial charge in [-0.15, -0.1) is 0 Å². The van der Waals surface area contributed by atoms with Gasteiger partial charge in [0.2, 0.25) is 0 Å². The number of rotatable bonds is 5. The van der Waals surface area contributed by atoms with Crippen LogP contribution >= 0.6 is 23.2 Å². The van der Waals surface area contributed by atoms with Crippen LogP contribution in [0.2, 0.25) is 10.0 Å². The second kappa shape index (κ2) is 6.63. The summed E-state index contributed by atoms with van der Waals surface area (Å²) < 4.78 is 0. The molecule has 0 saturated carbocycles. The Balaban J connectivity index is 2.63. The SMILES string of the molecule is CC(NCC(C)C(C)C)c1cc(Cl)ccc1Cl. The Labute approximate surface area is 115 Å². The second-order valence-electron chi connectivity index (χ2n) is 5.02. The molecule has 2 atom stereocenters. The van der Waals surface area contributed by atoms with Crippen molar-refractivity contribution < 1.29 is 0 Å². The van der Waals surface area contributed by atoms with Gasteiger partial charge < -0.3 is 5.32 Å². The van der Waals surface area contributed by atoms with Crippen molar-refractivity contribution in [3.05, 3.63) is 33.8 Å². The lowest BCUT2D eigenvalue weighted by atomic mass is 9.97. The van der Waals surface area contributed by atoms with Crippen molar-refractivity contribution in [3.8, 4) is 0 Å². The van der Waals surface area contributed by atoms with E-state index in [1.54, 1.807) is 0 Å². The van der Waals surface area contributed by atoms with Gasteiger partial charge in [-0.05, 0) is 49.1 Å². The van der Waals surface area contributed by atoms with E-state index in [1.807, 2.05) is 18.2 Å². The van der Waals surface area contributed by atoms with Crippen LogP contribution in [0.15, 0.2) is 18.2 Å². The monoisotopic (exact) mass is 273 g/mol. The fourth-order valence-electron chi connectivity index (χ4n) is 1.55. The summed E-state index contributed by atoms with van der Waals surface area (Å²) in [4.78, 5) is 0. The zero-order chi connectivity index (χ0) is 13.0. The largest absolute Gasteiger partial charge is 0.310 e. The molecule has 0 saturated heterocycles. The molecule has 0 aliphatic heterocycles. The molecule has 96 valence electrons. The zero-order valence-electron chi connectivity index (χ0n) is 10.9. The number of nitrogens with one attached hydrogen (secondary N) is 1. The average molecular weight is 274 g/mol. The van der Waals surface area contributed by atoms with Gasteiger partial charge in [-0.2, -0.15) is 0 Å². The first-order valence-corrected chi connectivity index (χ1v) is 6.85. The van der Waals surface area contributed by atoms with Crippen LogP contribution in [-0.4, -0.2) is 6.54 Å². The Kier molecular flexibility index (Phi) is 5.78. The van der Waals surface area contributed by atoms with Crippen molar-refractivity contribution >= 4 is 23.2 Å². The van der Waals surface area contributed by atoms with Crippen LogP contribution in [0.25, 0.3) is 0 Å². The number of hydrogen-bond donors (Lipinski definition) is 1. The summed E-state index contributed by atoms with van der Waals surface area (Å²) >= 11 is 12.2. The van der Waals surface area contributed by atoms with Crippen molar-refractivity contribution in [2.45, 2.75) is 33.7 Å². The van der Waals surface area contributed by atoms with E-state index in [9.17, 15) is 0 Å². The van der Waals surface area contributed by atoms with Crippen LogP contribution in [0.3, 0.4) is 0 Å². The first-order chi connectivity index (χ1) is 7.91. The fraction of sp³-hybridized carbons (Fsp3) is 0.571. The highest BCUT2D eigenvalue weighted by atomic mass is 35.5. The van der Waals surface area contributed by atoms with Gasteiger partial charge in [0.05, 0.1) is 0 Å². The first-order valence-electron chi connectivity index (χ1n) is 6.10. The van der Waals surface area contributed by atoms with Crippen LogP contribution in [0.4, 0.5) is 0 Å². The summed E-state index contributed by atoms with van der Waals surface area (Å²) in [5, 5.41) is 5.01. The third-order valence-electron chi connectivity index (χ3n) is 3.31. The molecule has 0 radical (unpaired) electrons. The van der Waals surface area contributed by atoms with Gasteiger partial charge in [0, 0.05) is 16.1 Å². The lowest BCUT2D eigenvalue weighted by Crippen LogP contribution is -2.27. The summed E-state index contributed by atoms with van der Waals surface area (Å²) in [7, 11) is 0. The van der Waals surface area contributed by atoms with Crippen LogP contribution in [0.5, 0.6) is 0 Å². The molecule has 0 aliphatic rings. The highest BCUT2D eigenvalue weighted by Gasteiger charge is 2.12. The lowest BCUT2D eigenvalue weighted by molar-refractivity contribution is 0.375. The molecule has 1 N–H and O–H groups in total. The van der Waals surface area contributed by atoms with Crippen LogP contribution < -0.4 is 5.32 Å². The van der Waals surface area contributed by atoms with E-state index in [0.29, 0.717) is 11.8 Å². The molecule has 3 heteroatoms. The van der Waals surface area contributed by atoms with Crippen molar-refractivity contribution in [3.63, 3.8) is 0 Å². The third-order valence-corrected chi connectivity index (χ3v) is 3.89. The highest BCUT2D eigenvalue weighted by molar-refractivity contribution is 6.33.